The van der Waals surface area contributed by atoms with Gasteiger partial charge in [0, 0.05) is 23.3 Å². The first-order chi connectivity index (χ1) is 11.5. The van der Waals surface area contributed by atoms with Crippen LogP contribution in [0.5, 0.6) is 0 Å². The zero-order valence-electron chi connectivity index (χ0n) is 13.0. The fourth-order valence-corrected chi connectivity index (χ4v) is 2.58. The number of hydrogen-bond donors (Lipinski definition) is 1. The molecule has 8 heteroatoms. The molecule has 0 bridgehead atoms. The number of halogens is 2. The Kier molecular flexibility index (Phi) is 4.71. The SMILES string of the molecule is C/C(=N\N1CCNC(=O)C1)c1ccnc(-c2cc(F)cc(Cl)c2)n1. The maximum Gasteiger partial charge on any atom is 0.241 e. The van der Waals surface area contributed by atoms with E-state index >= 15 is 0 Å². The van der Waals surface area contributed by atoms with Gasteiger partial charge < -0.3 is 5.32 Å². The van der Waals surface area contributed by atoms with Crippen LogP contribution in [0.15, 0.2) is 35.6 Å². The van der Waals surface area contributed by atoms with E-state index in [-0.39, 0.29) is 17.5 Å². The van der Waals surface area contributed by atoms with Crippen LogP contribution in [0.3, 0.4) is 0 Å². The van der Waals surface area contributed by atoms with Gasteiger partial charge in [0.2, 0.25) is 5.91 Å². The molecule has 24 heavy (non-hydrogen) atoms. The molecule has 124 valence electrons. The van der Waals surface area contributed by atoms with Crippen molar-refractivity contribution in [3.63, 3.8) is 0 Å². The Morgan fingerprint density at radius 1 is 1.42 bits per heavy atom. The second-order valence-corrected chi connectivity index (χ2v) is 5.78. The summed E-state index contributed by atoms with van der Waals surface area (Å²) in [6.07, 6.45) is 1.58. The van der Waals surface area contributed by atoms with Gasteiger partial charge >= 0.3 is 0 Å². The molecular formula is C16H15ClFN5O. The topological polar surface area (TPSA) is 70.5 Å². The van der Waals surface area contributed by atoms with E-state index in [0.29, 0.717) is 35.9 Å². The normalized spacial score (nSPS) is 15.4. The predicted molar refractivity (Wildman–Crippen MR) is 89.2 cm³/mol. The van der Waals surface area contributed by atoms with Crippen molar-refractivity contribution in [2.45, 2.75) is 6.92 Å². The minimum absolute atomic E-state index is 0.0596. The van der Waals surface area contributed by atoms with Gasteiger partial charge in [-0.25, -0.2) is 14.4 Å². The number of aromatic nitrogens is 2. The van der Waals surface area contributed by atoms with Gasteiger partial charge in [0.25, 0.3) is 0 Å². The van der Waals surface area contributed by atoms with Crippen LogP contribution in [0.1, 0.15) is 12.6 Å². The number of hydrogen-bond acceptors (Lipinski definition) is 5. The average molecular weight is 348 g/mol. The van der Waals surface area contributed by atoms with Crippen LogP contribution >= 0.6 is 11.6 Å². The molecule has 1 saturated heterocycles. The van der Waals surface area contributed by atoms with Crippen molar-refractivity contribution in [2.24, 2.45) is 5.10 Å². The number of piperazine rings is 1. The molecule has 1 amide bonds. The molecule has 1 aliphatic rings. The summed E-state index contributed by atoms with van der Waals surface area (Å²) in [5.41, 5.74) is 1.74. The monoisotopic (exact) mass is 347 g/mol. The second kappa shape index (κ2) is 6.92. The van der Waals surface area contributed by atoms with Crippen molar-refractivity contribution >= 4 is 23.2 Å². The average Bonchev–Trinajstić information content (AvgIpc) is 2.54. The number of nitrogens with one attached hydrogen (secondary N) is 1. The van der Waals surface area contributed by atoms with Crippen LogP contribution in [0.2, 0.25) is 5.02 Å². The molecule has 0 spiro atoms. The Bertz CT molecular complexity index is 791. The first-order valence-electron chi connectivity index (χ1n) is 7.38. The molecule has 0 saturated carbocycles. The molecule has 2 aromatic rings. The summed E-state index contributed by atoms with van der Waals surface area (Å²) in [6.45, 7) is 3.22. The molecular weight excluding hydrogens is 333 g/mol. The molecule has 0 aliphatic carbocycles. The van der Waals surface area contributed by atoms with Crippen LogP contribution in [-0.4, -0.2) is 46.2 Å². The smallest absolute Gasteiger partial charge is 0.241 e. The third kappa shape index (κ3) is 3.86. The summed E-state index contributed by atoms with van der Waals surface area (Å²) in [7, 11) is 0. The van der Waals surface area contributed by atoms with E-state index in [1.165, 1.54) is 12.1 Å². The van der Waals surface area contributed by atoms with E-state index in [4.69, 9.17) is 11.6 Å². The van der Waals surface area contributed by atoms with Crippen LogP contribution in [0, 0.1) is 5.82 Å². The minimum Gasteiger partial charge on any atom is -0.353 e. The van der Waals surface area contributed by atoms with Gasteiger partial charge in [-0.3, -0.25) is 9.80 Å². The number of benzene rings is 1. The van der Waals surface area contributed by atoms with Crippen molar-refractivity contribution in [1.82, 2.24) is 20.3 Å². The molecule has 1 aromatic carbocycles. The lowest BCUT2D eigenvalue weighted by Crippen LogP contribution is -2.45. The van der Waals surface area contributed by atoms with Crippen molar-refractivity contribution in [1.29, 1.82) is 0 Å². The molecule has 0 radical (unpaired) electrons. The first kappa shape index (κ1) is 16.3. The van der Waals surface area contributed by atoms with Crippen LogP contribution < -0.4 is 5.32 Å². The zero-order valence-corrected chi connectivity index (χ0v) is 13.7. The highest BCUT2D eigenvalue weighted by atomic mass is 35.5. The third-order valence-corrected chi connectivity index (χ3v) is 3.67. The molecule has 0 atom stereocenters. The van der Waals surface area contributed by atoms with Crippen molar-refractivity contribution < 1.29 is 9.18 Å². The summed E-state index contributed by atoms with van der Waals surface area (Å²) in [5, 5.41) is 9.14. The number of rotatable bonds is 3. The molecule has 6 nitrogen and oxygen atoms in total. The van der Waals surface area contributed by atoms with Crippen molar-refractivity contribution in [3.8, 4) is 11.4 Å². The Balaban J connectivity index is 1.88. The molecule has 1 aliphatic heterocycles. The summed E-state index contributed by atoms with van der Waals surface area (Å²) < 4.78 is 13.5. The van der Waals surface area contributed by atoms with Crippen molar-refractivity contribution in [3.05, 3.63) is 47.0 Å². The second-order valence-electron chi connectivity index (χ2n) is 5.35. The highest BCUT2D eigenvalue weighted by Gasteiger charge is 2.15. The Labute approximate surface area is 143 Å². The fraction of sp³-hybridized carbons (Fsp3) is 0.250. The van der Waals surface area contributed by atoms with Crippen LogP contribution in [0.4, 0.5) is 4.39 Å². The first-order valence-corrected chi connectivity index (χ1v) is 7.76. The van der Waals surface area contributed by atoms with Crippen molar-refractivity contribution in [2.75, 3.05) is 19.6 Å². The van der Waals surface area contributed by atoms with Crippen LogP contribution in [0.25, 0.3) is 11.4 Å². The predicted octanol–water partition coefficient (Wildman–Crippen LogP) is 2.09. The fourth-order valence-electron chi connectivity index (χ4n) is 2.36. The van der Waals surface area contributed by atoms with Gasteiger partial charge in [-0.1, -0.05) is 11.6 Å². The van der Waals surface area contributed by atoms with Gasteiger partial charge in [-0.15, -0.1) is 0 Å². The Morgan fingerprint density at radius 2 is 2.25 bits per heavy atom. The Hall–Kier alpha value is -2.54. The standard InChI is InChI=1S/C16H15ClFN5O/c1-10(22-23-5-4-19-15(24)9-23)14-2-3-20-16(21-14)11-6-12(17)8-13(18)7-11/h2-3,6-8H,4-5,9H2,1H3,(H,19,24)/b22-10+. The van der Waals surface area contributed by atoms with E-state index in [2.05, 4.69) is 20.4 Å². The van der Waals surface area contributed by atoms with Gasteiger partial charge in [-0.05, 0) is 31.2 Å². The number of amides is 1. The van der Waals surface area contributed by atoms with Gasteiger partial charge in [0.15, 0.2) is 5.82 Å². The molecule has 1 N–H and O–H groups in total. The van der Waals surface area contributed by atoms with E-state index in [1.807, 2.05) is 0 Å². The highest BCUT2D eigenvalue weighted by Crippen LogP contribution is 2.21. The lowest BCUT2D eigenvalue weighted by atomic mass is 10.2. The van der Waals surface area contributed by atoms with E-state index < -0.39 is 5.82 Å². The van der Waals surface area contributed by atoms with Crippen LogP contribution in [-0.2, 0) is 4.79 Å². The lowest BCUT2D eigenvalue weighted by molar-refractivity contribution is -0.124. The van der Waals surface area contributed by atoms with E-state index in [0.717, 1.165) is 0 Å². The minimum atomic E-state index is -0.448. The number of nitrogens with zero attached hydrogens (tertiary/aromatic N) is 4. The molecule has 2 heterocycles. The summed E-state index contributed by atoms with van der Waals surface area (Å²) in [5.74, 6) is -0.147. The molecule has 1 fully saturated rings. The molecule has 0 unspecified atom stereocenters. The maximum atomic E-state index is 13.5. The van der Waals surface area contributed by atoms with Gasteiger partial charge in [0.05, 0.1) is 18.0 Å². The quantitative estimate of drug-likeness (QED) is 0.863. The largest absolute Gasteiger partial charge is 0.353 e. The summed E-state index contributed by atoms with van der Waals surface area (Å²) >= 11 is 5.88. The number of carbonyl (C=O) groups is 1. The van der Waals surface area contributed by atoms with E-state index in [1.54, 1.807) is 30.3 Å². The number of carbonyl (C=O) groups excluding carboxylic acids is 1. The molecule has 3 rings (SSSR count). The van der Waals surface area contributed by atoms with Gasteiger partial charge in [-0.2, -0.15) is 5.10 Å². The zero-order chi connectivity index (χ0) is 17.1. The third-order valence-electron chi connectivity index (χ3n) is 3.46. The van der Waals surface area contributed by atoms with E-state index in [9.17, 15) is 9.18 Å². The maximum absolute atomic E-state index is 13.5. The highest BCUT2D eigenvalue weighted by molar-refractivity contribution is 6.30. The molecule has 1 aromatic heterocycles. The lowest BCUT2D eigenvalue weighted by Gasteiger charge is -2.24. The summed E-state index contributed by atoms with van der Waals surface area (Å²) in [6, 6.07) is 5.87. The Morgan fingerprint density at radius 3 is 3.00 bits per heavy atom. The number of hydrazone groups is 1. The summed E-state index contributed by atoms with van der Waals surface area (Å²) in [4.78, 5) is 20.0. The van der Waals surface area contributed by atoms with Gasteiger partial charge in [0.1, 0.15) is 12.4 Å².